The van der Waals surface area contributed by atoms with Gasteiger partial charge in [-0.3, -0.25) is 0 Å². The molecule has 92 valence electrons. The fourth-order valence-electron chi connectivity index (χ4n) is 1.78. The zero-order valence-electron chi connectivity index (χ0n) is 9.33. The summed E-state index contributed by atoms with van der Waals surface area (Å²) in [5.41, 5.74) is 8.06. The summed E-state index contributed by atoms with van der Waals surface area (Å²) < 4.78 is 27.6. The van der Waals surface area contributed by atoms with E-state index in [4.69, 9.17) is 5.53 Å². The molecule has 1 rings (SSSR count). The maximum absolute atomic E-state index is 11.8. The Morgan fingerprint density at radius 2 is 2.31 bits per heavy atom. The Labute approximate surface area is 95.6 Å². The van der Waals surface area contributed by atoms with Crippen LogP contribution in [0, 0.1) is 0 Å². The van der Waals surface area contributed by atoms with Gasteiger partial charge in [0, 0.05) is 30.6 Å². The molecule has 7 nitrogen and oxygen atoms in total. The number of hydrogen-bond donors (Lipinski definition) is 1. The Morgan fingerprint density at radius 3 is 2.94 bits per heavy atom. The van der Waals surface area contributed by atoms with E-state index in [2.05, 4.69) is 14.7 Å². The predicted octanol–water partition coefficient (Wildman–Crippen LogP) is 1.01. The van der Waals surface area contributed by atoms with Gasteiger partial charge in [-0.2, -0.15) is 12.7 Å². The molecule has 0 aromatic rings. The first kappa shape index (κ1) is 13.2. The molecule has 1 atom stereocenters. The molecule has 1 heterocycles. The summed E-state index contributed by atoms with van der Waals surface area (Å²) >= 11 is 0. The van der Waals surface area contributed by atoms with Crippen LogP contribution >= 0.6 is 0 Å². The first-order valence-electron chi connectivity index (χ1n) is 5.35. The lowest BCUT2D eigenvalue weighted by molar-refractivity contribution is 0.265. The molecule has 8 heteroatoms. The minimum Gasteiger partial charge on any atom is -0.202 e. The second-order valence-corrected chi connectivity index (χ2v) is 5.52. The summed E-state index contributed by atoms with van der Waals surface area (Å²) in [7, 11) is -3.41. The van der Waals surface area contributed by atoms with Crippen molar-refractivity contribution in [2.75, 3.05) is 19.6 Å². The minimum atomic E-state index is -3.41. The van der Waals surface area contributed by atoms with Crippen molar-refractivity contribution >= 4 is 10.2 Å². The Kier molecular flexibility index (Phi) is 5.01. The first-order chi connectivity index (χ1) is 7.58. The molecule has 1 aliphatic rings. The van der Waals surface area contributed by atoms with Gasteiger partial charge in [-0.15, -0.1) is 0 Å². The molecule has 1 saturated heterocycles. The third-order valence-electron chi connectivity index (χ3n) is 2.61. The molecule has 0 radical (unpaired) electrons. The average Bonchev–Trinajstić information content (AvgIpc) is 2.25. The molecule has 0 amide bonds. The van der Waals surface area contributed by atoms with E-state index in [1.165, 1.54) is 4.31 Å². The van der Waals surface area contributed by atoms with E-state index in [-0.39, 0.29) is 19.1 Å². The number of piperidine rings is 1. The largest absolute Gasteiger partial charge is 0.279 e. The molecule has 0 saturated carbocycles. The van der Waals surface area contributed by atoms with E-state index in [0.29, 0.717) is 6.54 Å². The number of nitrogens with one attached hydrogen (secondary N) is 1. The smallest absolute Gasteiger partial charge is 0.202 e. The van der Waals surface area contributed by atoms with Crippen LogP contribution in [0.3, 0.4) is 0 Å². The highest BCUT2D eigenvalue weighted by molar-refractivity contribution is 7.87. The maximum Gasteiger partial charge on any atom is 0.279 e. The molecule has 16 heavy (non-hydrogen) atoms. The number of azide groups is 1. The standard InChI is InChI=1S/C8H17N5O2S/c1-8-4-2-3-7-13(8)16(14,15)11-6-5-10-12-9/h8,11H,2-7H2,1H3. The van der Waals surface area contributed by atoms with Crippen LogP contribution in [0.1, 0.15) is 26.2 Å². The molecule has 1 N–H and O–H groups in total. The summed E-state index contributed by atoms with van der Waals surface area (Å²) in [6, 6.07) is 0.0470. The summed E-state index contributed by atoms with van der Waals surface area (Å²) in [5, 5.41) is 3.27. The Morgan fingerprint density at radius 1 is 1.56 bits per heavy atom. The van der Waals surface area contributed by atoms with Crippen molar-refractivity contribution < 1.29 is 8.42 Å². The lowest BCUT2D eigenvalue weighted by atomic mass is 10.1. The Bertz CT molecular complexity index is 363. The zero-order valence-corrected chi connectivity index (χ0v) is 10.2. The normalized spacial score (nSPS) is 22.7. The lowest BCUT2D eigenvalue weighted by Gasteiger charge is -2.32. The third-order valence-corrected chi connectivity index (χ3v) is 4.34. The predicted molar refractivity (Wildman–Crippen MR) is 61.0 cm³/mol. The monoisotopic (exact) mass is 247 g/mol. The van der Waals surface area contributed by atoms with Gasteiger partial charge in [0.25, 0.3) is 10.2 Å². The van der Waals surface area contributed by atoms with Crippen molar-refractivity contribution in [3.05, 3.63) is 10.4 Å². The van der Waals surface area contributed by atoms with Gasteiger partial charge in [0.15, 0.2) is 0 Å². The highest BCUT2D eigenvalue weighted by Crippen LogP contribution is 2.18. The van der Waals surface area contributed by atoms with Crippen LogP contribution in [0.4, 0.5) is 0 Å². The fraction of sp³-hybridized carbons (Fsp3) is 1.00. The van der Waals surface area contributed by atoms with Crippen LogP contribution in [0.25, 0.3) is 10.4 Å². The molecule has 1 aliphatic heterocycles. The van der Waals surface area contributed by atoms with Gasteiger partial charge >= 0.3 is 0 Å². The van der Waals surface area contributed by atoms with Gasteiger partial charge in [-0.05, 0) is 25.3 Å². The van der Waals surface area contributed by atoms with Gasteiger partial charge in [-0.25, -0.2) is 4.72 Å². The van der Waals surface area contributed by atoms with Crippen LogP contribution in [-0.4, -0.2) is 38.4 Å². The van der Waals surface area contributed by atoms with Crippen LogP contribution < -0.4 is 4.72 Å². The molecular weight excluding hydrogens is 230 g/mol. The van der Waals surface area contributed by atoms with E-state index < -0.39 is 10.2 Å². The topological polar surface area (TPSA) is 98.2 Å². The molecule has 0 aromatic carbocycles. The summed E-state index contributed by atoms with van der Waals surface area (Å²) in [6.07, 6.45) is 2.88. The van der Waals surface area contributed by atoms with Crippen molar-refractivity contribution in [1.82, 2.24) is 9.03 Å². The molecule has 0 aliphatic carbocycles. The average molecular weight is 247 g/mol. The van der Waals surface area contributed by atoms with Gasteiger partial charge < -0.3 is 0 Å². The maximum atomic E-state index is 11.8. The molecule has 0 bridgehead atoms. The molecule has 1 fully saturated rings. The fourth-order valence-corrected chi connectivity index (χ4v) is 3.24. The van der Waals surface area contributed by atoms with Crippen LogP contribution in [0.15, 0.2) is 5.11 Å². The second kappa shape index (κ2) is 6.05. The Hall–Kier alpha value is -0.820. The Balaban J connectivity index is 2.51. The van der Waals surface area contributed by atoms with Crippen molar-refractivity contribution in [2.45, 2.75) is 32.2 Å². The first-order valence-corrected chi connectivity index (χ1v) is 6.79. The van der Waals surface area contributed by atoms with Crippen LogP contribution in [-0.2, 0) is 10.2 Å². The van der Waals surface area contributed by atoms with E-state index in [0.717, 1.165) is 19.3 Å². The second-order valence-electron chi connectivity index (χ2n) is 3.81. The summed E-state index contributed by atoms with van der Waals surface area (Å²) in [6.45, 7) is 2.76. The number of hydrogen-bond acceptors (Lipinski definition) is 3. The molecular formula is C8H17N5O2S. The van der Waals surface area contributed by atoms with Gasteiger partial charge in [0.2, 0.25) is 0 Å². The number of rotatable bonds is 5. The molecule has 1 unspecified atom stereocenters. The highest BCUT2D eigenvalue weighted by Gasteiger charge is 2.28. The summed E-state index contributed by atoms with van der Waals surface area (Å²) in [5.74, 6) is 0. The van der Waals surface area contributed by atoms with Crippen molar-refractivity contribution in [3.8, 4) is 0 Å². The number of nitrogens with zero attached hydrogens (tertiary/aromatic N) is 4. The molecule has 0 aromatic heterocycles. The van der Waals surface area contributed by atoms with Gasteiger partial charge in [0.1, 0.15) is 0 Å². The van der Waals surface area contributed by atoms with E-state index in [1.807, 2.05) is 6.92 Å². The van der Waals surface area contributed by atoms with E-state index in [9.17, 15) is 8.42 Å². The summed E-state index contributed by atoms with van der Waals surface area (Å²) in [4.78, 5) is 2.56. The van der Waals surface area contributed by atoms with E-state index >= 15 is 0 Å². The quantitative estimate of drug-likeness (QED) is 0.339. The van der Waals surface area contributed by atoms with Gasteiger partial charge in [0.05, 0.1) is 0 Å². The zero-order chi connectivity index (χ0) is 12.0. The van der Waals surface area contributed by atoms with Crippen molar-refractivity contribution in [2.24, 2.45) is 5.11 Å². The third kappa shape index (κ3) is 3.64. The van der Waals surface area contributed by atoms with E-state index in [1.54, 1.807) is 0 Å². The van der Waals surface area contributed by atoms with Crippen LogP contribution in [0.5, 0.6) is 0 Å². The molecule has 0 spiro atoms. The van der Waals surface area contributed by atoms with Crippen LogP contribution in [0.2, 0.25) is 0 Å². The lowest BCUT2D eigenvalue weighted by Crippen LogP contribution is -2.48. The van der Waals surface area contributed by atoms with Crippen molar-refractivity contribution in [1.29, 1.82) is 0 Å². The van der Waals surface area contributed by atoms with Gasteiger partial charge in [-0.1, -0.05) is 11.5 Å². The van der Waals surface area contributed by atoms with Crippen molar-refractivity contribution in [3.63, 3.8) is 0 Å². The SMILES string of the molecule is CC1CCCCN1S(=O)(=O)NCCN=[N+]=[N-]. The minimum absolute atomic E-state index is 0.0470. The highest BCUT2D eigenvalue weighted by atomic mass is 32.2.